The van der Waals surface area contributed by atoms with E-state index in [4.69, 9.17) is 17.3 Å². The summed E-state index contributed by atoms with van der Waals surface area (Å²) in [5.41, 5.74) is 5.53. The minimum absolute atomic E-state index is 0.00694. The van der Waals surface area contributed by atoms with Gasteiger partial charge in [-0.15, -0.1) is 0 Å². The largest absolute Gasteiger partial charge is 0.370 e. The summed E-state index contributed by atoms with van der Waals surface area (Å²) in [6.45, 7) is 1.09. The number of piperidine rings is 1. The first-order chi connectivity index (χ1) is 9.95. The van der Waals surface area contributed by atoms with Gasteiger partial charge in [-0.05, 0) is 37.0 Å². The number of rotatable bonds is 3. The number of hydrogen-bond acceptors (Lipinski definition) is 2. The Morgan fingerprint density at radius 2 is 2.24 bits per heavy atom. The molecule has 0 spiro atoms. The van der Waals surface area contributed by atoms with E-state index < -0.39 is 5.82 Å². The Balaban J connectivity index is 1.96. The molecule has 21 heavy (non-hydrogen) atoms. The molecule has 5 nitrogen and oxygen atoms in total. The van der Waals surface area contributed by atoms with Crippen molar-refractivity contribution in [2.45, 2.75) is 19.3 Å². The number of urea groups is 1. The molecule has 1 saturated heterocycles. The molecule has 1 aromatic rings. The summed E-state index contributed by atoms with van der Waals surface area (Å²) < 4.78 is 13.3. The fourth-order valence-electron chi connectivity index (χ4n) is 2.48. The van der Waals surface area contributed by atoms with Gasteiger partial charge in [0.15, 0.2) is 0 Å². The zero-order valence-electron chi connectivity index (χ0n) is 11.4. The molecule has 0 bridgehead atoms. The molecule has 1 heterocycles. The van der Waals surface area contributed by atoms with Crippen LogP contribution in [0.2, 0.25) is 5.02 Å². The third-order valence-corrected chi connectivity index (χ3v) is 3.77. The Kier molecular flexibility index (Phi) is 5.01. The third kappa shape index (κ3) is 4.32. The Bertz CT molecular complexity index is 553. The van der Waals surface area contributed by atoms with Crippen LogP contribution in [0, 0.1) is 11.7 Å². The quantitative estimate of drug-likeness (QED) is 0.900. The van der Waals surface area contributed by atoms with E-state index in [0.29, 0.717) is 18.8 Å². The molecule has 2 rings (SSSR count). The zero-order chi connectivity index (χ0) is 15.4. The maximum atomic E-state index is 13.3. The van der Waals surface area contributed by atoms with Crippen LogP contribution in [0.4, 0.5) is 14.9 Å². The van der Waals surface area contributed by atoms with E-state index in [2.05, 4.69) is 5.32 Å². The van der Waals surface area contributed by atoms with Crippen LogP contribution in [-0.4, -0.2) is 29.9 Å². The highest BCUT2D eigenvalue weighted by Crippen LogP contribution is 2.22. The summed E-state index contributed by atoms with van der Waals surface area (Å²) >= 11 is 5.59. The van der Waals surface area contributed by atoms with Crippen molar-refractivity contribution in [1.29, 1.82) is 0 Å². The summed E-state index contributed by atoms with van der Waals surface area (Å²) in [6, 6.07) is 3.78. The van der Waals surface area contributed by atoms with Gasteiger partial charge in [0.2, 0.25) is 5.91 Å². The molecule has 0 aliphatic carbocycles. The summed E-state index contributed by atoms with van der Waals surface area (Å²) in [6.07, 6.45) is 1.97. The van der Waals surface area contributed by atoms with E-state index in [0.717, 1.165) is 12.8 Å². The molecule has 1 aromatic carbocycles. The summed E-state index contributed by atoms with van der Waals surface area (Å²) in [5, 5.41) is 2.63. The van der Waals surface area contributed by atoms with Gasteiger partial charge in [-0.25, -0.2) is 9.18 Å². The minimum Gasteiger partial charge on any atom is -0.370 e. The first-order valence-electron chi connectivity index (χ1n) is 6.75. The van der Waals surface area contributed by atoms with Gasteiger partial charge in [-0.3, -0.25) is 4.79 Å². The number of anilines is 1. The molecule has 7 heteroatoms. The van der Waals surface area contributed by atoms with Gasteiger partial charge in [0, 0.05) is 25.2 Å². The Labute approximate surface area is 127 Å². The zero-order valence-corrected chi connectivity index (χ0v) is 12.2. The highest BCUT2D eigenvalue weighted by Gasteiger charge is 2.24. The number of carbonyl (C=O) groups excluding carboxylic acids is 2. The van der Waals surface area contributed by atoms with Gasteiger partial charge in [0.05, 0.1) is 5.02 Å². The number of carbonyl (C=O) groups is 2. The number of nitrogens with two attached hydrogens (primary N) is 1. The van der Waals surface area contributed by atoms with E-state index in [1.54, 1.807) is 4.90 Å². The van der Waals surface area contributed by atoms with Crippen LogP contribution in [0.1, 0.15) is 19.3 Å². The number of nitrogens with one attached hydrogen (secondary N) is 1. The van der Waals surface area contributed by atoms with Gasteiger partial charge in [-0.2, -0.15) is 0 Å². The maximum Gasteiger partial charge on any atom is 0.321 e. The van der Waals surface area contributed by atoms with Crippen molar-refractivity contribution in [2.24, 2.45) is 11.7 Å². The lowest BCUT2D eigenvalue weighted by Gasteiger charge is -2.32. The molecule has 1 aliphatic heterocycles. The molecule has 1 atom stereocenters. The first kappa shape index (κ1) is 15.6. The fourth-order valence-corrected chi connectivity index (χ4v) is 2.59. The molecular weight excluding hydrogens is 297 g/mol. The molecule has 0 radical (unpaired) electrons. The third-order valence-electron chi connectivity index (χ3n) is 3.47. The lowest BCUT2D eigenvalue weighted by atomic mass is 9.95. The van der Waals surface area contributed by atoms with Crippen molar-refractivity contribution in [3.8, 4) is 0 Å². The van der Waals surface area contributed by atoms with Gasteiger partial charge in [0.1, 0.15) is 5.82 Å². The second-order valence-electron chi connectivity index (χ2n) is 5.18. The van der Waals surface area contributed by atoms with Gasteiger partial charge >= 0.3 is 6.03 Å². The number of halogens is 2. The van der Waals surface area contributed by atoms with Crippen LogP contribution in [0.5, 0.6) is 0 Å². The molecule has 3 N–H and O–H groups in total. The van der Waals surface area contributed by atoms with Crippen molar-refractivity contribution in [2.75, 3.05) is 18.4 Å². The molecule has 1 aliphatic rings. The summed E-state index contributed by atoms with van der Waals surface area (Å²) in [5.74, 6) is -0.856. The average molecular weight is 314 g/mol. The van der Waals surface area contributed by atoms with Crippen molar-refractivity contribution >= 4 is 29.2 Å². The number of likely N-dealkylation sites (tertiary alicyclic amines) is 1. The highest BCUT2D eigenvalue weighted by molar-refractivity contribution is 6.30. The summed E-state index contributed by atoms with van der Waals surface area (Å²) in [4.78, 5) is 24.7. The van der Waals surface area contributed by atoms with E-state index >= 15 is 0 Å². The fraction of sp³-hybridized carbons (Fsp3) is 0.429. The number of nitrogens with zero attached hydrogens (tertiary/aromatic N) is 1. The van der Waals surface area contributed by atoms with Gasteiger partial charge in [-0.1, -0.05) is 11.6 Å². The van der Waals surface area contributed by atoms with E-state index in [1.165, 1.54) is 18.2 Å². The van der Waals surface area contributed by atoms with Crippen LogP contribution < -0.4 is 11.1 Å². The average Bonchev–Trinajstić information content (AvgIpc) is 2.42. The number of benzene rings is 1. The van der Waals surface area contributed by atoms with Crippen LogP contribution in [0.25, 0.3) is 0 Å². The van der Waals surface area contributed by atoms with Crippen molar-refractivity contribution in [1.82, 2.24) is 4.90 Å². The van der Waals surface area contributed by atoms with Crippen LogP contribution in [0.15, 0.2) is 18.2 Å². The molecule has 114 valence electrons. The van der Waals surface area contributed by atoms with Crippen LogP contribution in [-0.2, 0) is 4.79 Å². The normalized spacial score (nSPS) is 18.4. The van der Waals surface area contributed by atoms with E-state index in [-0.39, 0.29) is 29.3 Å². The number of hydrogen-bond donors (Lipinski definition) is 2. The van der Waals surface area contributed by atoms with Crippen LogP contribution in [0.3, 0.4) is 0 Å². The predicted octanol–water partition coefficient (Wildman–Crippen LogP) is 2.60. The van der Waals surface area contributed by atoms with Gasteiger partial charge < -0.3 is 16.0 Å². The van der Waals surface area contributed by atoms with Crippen molar-refractivity contribution in [3.05, 3.63) is 29.0 Å². The maximum absolute atomic E-state index is 13.3. The Morgan fingerprint density at radius 1 is 1.48 bits per heavy atom. The molecular formula is C14H17ClFN3O2. The molecule has 0 saturated carbocycles. The molecule has 0 aromatic heterocycles. The van der Waals surface area contributed by atoms with Crippen molar-refractivity contribution < 1.29 is 14.0 Å². The highest BCUT2D eigenvalue weighted by atomic mass is 35.5. The van der Waals surface area contributed by atoms with Gasteiger partial charge in [0.25, 0.3) is 0 Å². The minimum atomic E-state index is -0.584. The standard InChI is InChI=1S/C14H17ClFN3O2/c15-11-4-3-10(7-12(11)16)18-14(21)19-5-1-2-9(8-19)6-13(17)20/h3-4,7,9H,1-2,5-6,8H2,(H2,17,20)(H,18,21)/t9-/m0/s1. The first-order valence-corrected chi connectivity index (χ1v) is 7.13. The van der Waals surface area contributed by atoms with Crippen molar-refractivity contribution in [3.63, 3.8) is 0 Å². The lowest BCUT2D eigenvalue weighted by molar-refractivity contribution is -0.119. The smallest absolute Gasteiger partial charge is 0.321 e. The molecule has 1 fully saturated rings. The lowest BCUT2D eigenvalue weighted by Crippen LogP contribution is -2.43. The summed E-state index contributed by atoms with van der Waals surface area (Å²) in [7, 11) is 0. The predicted molar refractivity (Wildman–Crippen MR) is 78.5 cm³/mol. The van der Waals surface area contributed by atoms with E-state index in [9.17, 15) is 14.0 Å². The number of amides is 3. The molecule has 3 amide bonds. The van der Waals surface area contributed by atoms with E-state index in [1.807, 2.05) is 0 Å². The van der Waals surface area contributed by atoms with Crippen LogP contribution >= 0.6 is 11.6 Å². The Morgan fingerprint density at radius 3 is 2.90 bits per heavy atom. The monoisotopic (exact) mass is 313 g/mol. The SMILES string of the molecule is NC(=O)C[C@@H]1CCCN(C(=O)Nc2ccc(Cl)c(F)c2)C1. The molecule has 0 unspecified atom stereocenters. The second-order valence-corrected chi connectivity index (χ2v) is 5.59. The topological polar surface area (TPSA) is 75.4 Å². The Hall–Kier alpha value is -1.82. The number of primary amides is 1. The second kappa shape index (κ2) is 6.76.